The van der Waals surface area contributed by atoms with Gasteiger partial charge in [-0.1, -0.05) is 80.6 Å². The lowest BCUT2D eigenvalue weighted by Gasteiger charge is -2.57. The van der Waals surface area contributed by atoms with Crippen LogP contribution in [-0.4, -0.2) is 4.92 Å². The second-order valence-electron chi connectivity index (χ2n) is 9.28. The van der Waals surface area contributed by atoms with E-state index in [0.29, 0.717) is 0 Å². The smallest absolute Gasteiger partial charge is 0.258 e. The molecular formula is C28H19NO2. The molecule has 0 bridgehead atoms. The summed E-state index contributed by atoms with van der Waals surface area (Å²) in [6.45, 7) is 4.58. The van der Waals surface area contributed by atoms with Gasteiger partial charge >= 0.3 is 0 Å². The summed E-state index contributed by atoms with van der Waals surface area (Å²) < 4.78 is 0. The Morgan fingerprint density at radius 2 is 1.45 bits per heavy atom. The first-order valence-electron chi connectivity index (χ1n) is 10.6. The van der Waals surface area contributed by atoms with E-state index < -0.39 is 0 Å². The van der Waals surface area contributed by atoms with Gasteiger partial charge < -0.3 is 0 Å². The summed E-state index contributed by atoms with van der Waals surface area (Å²) in [6, 6.07) is 12.9. The number of hydrogen-bond acceptors (Lipinski definition) is 2. The summed E-state index contributed by atoms with van der Waals surface area (Å²) in [5.41, 5.74) is 8.95. The molecule has 148 valence electrons. The number of fused-ring (bicyclic) bond motifs is 4. The molecule has 0 unspecified atom stereocenters. The molecule has 0 aliphatic heterocycles. The summed E-state index contributed by atoms with van der Waals surface area (Å²) >= 11 is 0. The van der Waals surface area contributed by atoms with E-state index in [0.717, 1.165) is 16.7 Å². The van der Waals surface area contributed by atoms with Crippen LogP contribution in [-0.2, 0) is 0 Å². The van der Waals surface area contributed by atoms with E-state index in [2.05, 4.69) is 80.6 Å². The van der Waals surface area contributed by atoms with Gasteiger partial charge in [-0.05, 0) is 55.3 Å². The Morgan fingerprint density at radius 1 is 0.806 bits per heavy atom. The maximum Gasteiger partial charge on any atom is 0.270 e. The molecule has 0 fully saturated rings. The Balaban J connectivity index is 1.71. The number of nitro groups is 1. The van der Waals surface area contributed by atoms with Crippen LogP contribution < -0.4 is 0 Å². The van der Waals surface area contributed by atoms with Crippen LogP contribution in [0.4, 0.5) is 0 Å². The van der Waals surface area contributed by atoms with Gasteiger partial charge in [0.15, 0.2) is 0 Å². The maximum atomic E-state index is 11.9. The van der Waals surface area contributed by atoms with Gasteiger partial charge in [-0.15, -0.1) is 0 Å². The lowest BCUT2D eigenvalue weighted by molar-refractivity contribution is -0.419. The van der Waals surface area contributed by atoms with Gasteiger partial charge in [-0.2, -0.15) is 0 Å². The number of allylic oxidation sites excluding steroid dienone is 13. The molecule has 2 atom stereocenters. The van der Waals surface area contributed by atoms with Crippen LogP contribution in [0.2, 0.25) is 0 Å². The zero-order chi connectivity index (χ0) is 21.1. The van der Waals surface area contributed by atoms with Gasteiger partial charge in [0, 0.05) is 23.0 Å². The first kappa shape index (κ1) is 17.0. The summed E-state index contributed by atoms with van der Waals surface area (Å²) in [5.74, 6) is 0. The van der Waals surface area contributed by atoms with Crippen molar-refractivity contribution >= 4 is 21.9 Å². The minimum absolute atomic E-state index is 0.160. The molecule has 0 amide bonds. The Bertz CT molecular complexity index is 1520. The molecule has 0 N–H and O–H groups in total. The fourth-order valence-electron chi connectivity index (χ4n) is 6.61. The third kappa shape index (κ3) is 1.67. The SMILES string of the molecule is C[C@]12C3=CC=C4C=C([N+](=O)[O-])C=C(C5=C(C1=CC=C3)c1cccc3cccc5c13)[C@]42C. The normalized spacial score (nSPS) is 28.9. The van der Waals surface area contributed by atoms with E-state index >= 15 is 0 Å². The zero-order valence-electron chi connectivity index (χ0n) is 17.3. The number of benzene rings is 2. The molecule has 0 aromatic heterocycles. The van der Waals surface area contributed by atoms with Gasteiger partial charge in [0.25, 0.3) is 5.70 Å². The second kappa shape index (κ2) is 5.12. The topological polar surface area (TPSA) is 43.1 Å². The number of nitrogens with zero attached hydrogens (tertiary/aromatic N) is 1. The molecule has 2 aromatic rings. The number of hydrogen-bond donors (Lipinski definition) is 0. The highest BCUT2D eigenvalue weighted by atomic mass is 16.6. The van der Waals surface area contributed by atoms with Crippen molar-refractivity contribution < 1.29 is 4.92 Å². The first-order chi connectivity index (χ1) is 15.0. The van der Waals surface area contributed by atoms with Gasteiger partial charge in [-0.3, -0.25) is 10.1 Å². The van der Waals surface area contributed by atoms with Crippen LogP contribution in [0.3, 0.4) is 0 Å². The van der Waals surface area contributed by atoms with E-state index in [4.69, 9.17) is 0 Å². The minimum atomic E-state index is -0.379. The van der Waals surface area contributed by atoms with Gasteiger partial charge in [0.1, 0.15) is 0 Å². The number of rotatable bonds is 1. The minimum Gasteiger partial charge on any atom is -0.258 e. The van der Waals surface area contributed by atoms with Crippen molar-refractivity contribution in [3.63, 3.8) is 0 Å². The van der Waals surface area contributed by atoms with Crippen molar-refractivity contribution in [3.8, 4) is 0 Å². The van der Waals surface area contributed by atoms with Crippen molar-refractivity contribution in [3.05, 3.63) is 128 Å². The maximum absolute atomic E-state index is 11.9. The average Bonchev–Trinajstić information content (AvgIpc) is 3.09. The molecule has 2 aromatic carbocycles. The van der Waals surface area contributed by atoms with E-state index in [9.17, 15) is 10.1 Å². The third-order valence-corrected chi connectivity index (χ3v) is 8.25. The lowest BCUT2D eigenvalue weighted by Crippen LogP contribution is -2.48. The standard InChI is InChI=1S/C28H19NO2/c1-27-17-8-5-11-22(27)25-20-9-3-6-16-7-4-10-21(24(16)20)26(25)23-15-19(29(30)31)14-18(13-12-17)28(23,27)2/h3-15H,1-2H3/t27-,28-/m0/s1. The van der Waals surface area contributed by atoms with Crippen molar-refractivity contribution in [2.45, 2.75) is 13.8 Å². The molecule has 3 nitrogen and oxygen atoms in total. The summed E-state index contributed by atoms with van der Waals surface area (Å²) in [5, 5.41) is 14.3. The molecule has 3 heteroatoms. The van der Waals surface area contributed by atoms with Crippen LogP contribution in [0.5, 0.6) is 0 Å². The van der Waals surface area contributed by atoms with Crippen LogP contribution in [0.15, 0.2) is 107 Å². The van der Waals surface area contributed by atoms with Gasteiger partial charge in [0.05, 0.1) is 4.92 Å². The van der Waals surface area contributed by atoms with E-state index in [1.54, 1.807) is 6.08 Å². The summed E-state index contributed by atoms with van der Waals surface area (Å²) in [4.78, 5) is 11.6. The van der Waals surface area contributed by atoms with Crippen LogP contribution in [0.1, 0.15) is 25.0 Å². The quantitative estimate of drug-likeness (QED) is 0.401. The molecule has 0 saturated heterocycles. The fourth-order valence-corrected chi connectivity index (χ4v) is 6.61. The molecule has 7 rings (SSSR count). The monoisotopic (exact) mass is 401 g/mol. The first-order valence-corrected chi connectivity index (χ1v) is 10.6. The van der Waals surface area contributed by atoms with Crippen molar-refractivity contribution in [2.75, 3.05) is 0 Å². The highest BCUT2D eigenvalue weighted by Crippen LogP contribution is 2.72. The van der Waals surface area contributed by atoms with Crippen LogP contribution in [0, 0.1) is 20.9 Å². The molecule has 0 spiro atoms. The summed E-state index contributed by atoms with van der Waals surface area (Å²) in [6.07, 6.45) is 14.4. The largest absolute Gasteiger partial charge is 0.270 e. The predicted molar refractivity (Wildman–Crippen MR) is 124 cm³/mol. The lowest BCUT2D eigenvalue weighted by atomic mass is 9.44. The van der Waals surface area contributed by atoms with Crippen molar-refractivity contribution in [2.24, 2.45) is 10.8 Å². The van der Waals surface area contributed by atoms with Crippen LogP contribution in [0.25, 0.3) is 21.9 Å². The summed E-state index contributed by atoms with van der Waals surface area (Å²) in [7, 11) is 0. The third-order valence-electron chi connectivity index (χ3n) is 8.25. The van der Waals surface area contributed by atoms with E-state index in [1.807, 2.05) is 6.08 Å². The van der Waals surface area contributed by atoms with Gasteiger partial charge in [0.2, 0.25) is 0 Å². The Labute approximate surface area is 179 Å². The highest BCUT2D eigenvalue weighted by Gasteiger charge is 2.61. The molecular weight excluding hydrogens is 382 g/mol. The highest BCUT2D eigenvalue weighted by molar-refractivity contribution is 6.22. The Kier molecular flexibility index (Phi) is 2.81. The van der Waals surface area contributed by atoms with E-state index in [-0.39, 0.29) is 21.5 Å². The molecule has 0 radical (unpaired) electrons. The molecule has 0 heterocycles. The average molecular weight is 401 g/mol. The fraction of sp³-hybridized carbons (Fsp3) is 0.143. The zero-order valence-corrected chi connectivity index (χ0v) is 17.3. The van der Waals surface area contributed by atoms with Gasteiger partial charge in [-0.25, -0.2) is 0 Å². The Morgan fingerprint density at radius 3 is 2.16 bits per heavy atom. The molecule has 5 aliphatic rings. The second-order valence-corrected chi connectivity index (χ2v) is 9.28. The van der Waals surface area contributed by atoms with E-state index in [1.165, 1.54) is 38.6 Å². The Hall–Kier alpha value is -3.72. The molecule has 0 saturated carbocycles. The van der Waals surface area contributed by atoms with Crippen molar-refractivity contribution in [1.29, 1.82) is 0 Å². The van der Waals surface area contributed by atoms with Crippen LogP contribution >= 0.6 is 0 Å². The predicted octanol–water partition coefficient (Wildman–Crippen LogP) is 6.55. The van der Waals surface area contributed by atoms with Crippen molar-refractivity contribution in [1.82, 2.24) is 0 Å². The molecule has 5 aliphatic carbocycles. The molecule has 31 heavy (non-hydrogen) atoms.